The Labute approximate surface area is 64.9 Å². The summed E-state index contributed by atoms with van der Waals surface area (Å²) >= 11 is 0. The molecule has 0 unspecified atom stereocenters. The van der Waals surface area contributed by atoms with Crippen LogP contribution in [0.5, 0.6) is 0 Å². The van der Waals surface area contributed by atoms with Crippen LogP contribution in [0.4, 0.5) is 8.78 Å². The lowest BCUT2D eigenvalue weighted by Gasteiger charge is -1.83. The van der Waals surface area contributed by atoms with Crippen molar-refractivity contribution in [2.24, 2.45) is 0 Å². The Morgan fingerprint density at radius 2 is 1.00 bits per heavy atom. The first-order valence-corrected chi connectivity index (χ1v) is 3.70. The summed E-state index contributed by atoms with van der Waals surface area (Å²) in [5, 5.41) is 0. The van der Waals surface area contributed by atoms with Crippen LogP contribution in [-0.2, 0) is 0 Å². The zero-order valence-corrected chi connectivity index (χ0v) is 6.19. The molecule has 2 heteroatoms. The van der Waals surface area contributed by atoms with Crippen LogP contribution in [-0.4, -0.2) is 0 Å². The van der Waals surface area contributed by atoms with E-state index in [2.05, 4.69) is 0 Å². The Morgan fingerprint density at radius 1 is 0.727 bits per heavy atom. The third kappa shape index (κ3) is 4.48. The van der Waals surface area contributed by atoms with Crippen molar-refractivity contribution in [1.29, 1.82) is 0 Å². The van der Waals surface area contributed by atoms with Gasteiger partial charge in [-0.2, -0.15) is 0 Å². The van der Waals surface area contributed by atoms with Crippen LogP contribution in [0, 0.1) is 11.6 Å². The van der Waals surface area contributed by atoms with Gasteiger partial charge in [0, 0.05) is 0 Å². The van der Waals surface area contributed by atoms with E-state index >= 15 is 0 Å². The molecule has 1 aromatic carbocycles. The second-order valence-electron chi connectivity index (χ2n) is 2.50. The molecule has 1 fully saturated rings. The molecule has 0 amide bonds. The summed E-state index contributed by atoms with van der Waals surface area (Å²) in [5.41, 5.74) is 0. The fourth-order valence-electron chi connectivity index (χ4n) is 0.430. The highest BCUT2D eigenvalue weighted by Crippen LogP contribution is 2.14. The molecule has 60 valence electrons. The Hall–Kier alpha value is -0.920. The smallest absolute Gasteiger partial charge is 0.123 e. The van der Waals surface area contributed by atoms with Crippen molar-refractivity contribution in [2.75, 3.05) is 0 Å². The monoisotopic (exact) mass is 156 g/mol. The number of hydrogen-bond donors (Lipinski definition) is 0. The van der Waals surface area contributed by atoms with Crippen molar-refractivity contribution in [3.05, 3.63) is 35.9 Å². The van der Waals surface area contributed by atoms with Crippen molar-refractivity contribution in [2.45, 2.75) is 19.3 Å². The lowest BCUT2D eigenvalue weighted by atomic mass is 10.3. The third-order valence-corrected chi connectivity index (χ3v) is 1.16. The topological polar surface area (TPSA) is 0 Å². The van der Waals surface area contributed by atoms with Crippen LogP contribution in [0.25, 0.3) is 0 Å². The molecule has 0 bridgehead atoms. The molecule has 0 aromatic heterocycles. The van der Waals surface area contributed by atoms with E-state index in [0.717, 1.165) is 24.3 Å². The van der Waals surface area contributed by atoms with Crippen molar-refractivity contribution < 1.29 is 8.78 Å². The largest absolute Gasteiger partial charge is 0.207 e. The van der Waals surface area contributed by atoms with Gasteiger partial charge < -0.3 is 0 Å². The standard InChI is InChI=1S/C6H4F2.C3H6/c7-5-1-2-6(8)4-3-5;1-2-3-1/h1-4H;1-3H2. The zero-order chi connectivity index (χ0) is 8.10. The highest BCUT2D eigenvalue weighted by atomic mass is 19.1. The second kappa shape index (κ2) is 4.06. The lowest BCUT2D eigenvalue weighted by Crippen LogP contribution is -1.72. The van der Waals surface area contributed by atoms with Crippen molar-refractivity contribution >= 4 is 0 Å². The highest BCUT2D eigenvalue weighted by molar-refractivity contribution is 5.04. The summed E-state index contributed by atoms with van der Waals surface area (Å²) in [7, 11) is 0. The minimum absolute atomic E-state index is 0.411. The molecule has 11 heavy (non-hydrogen) atoms. The summed E-state index contributed by atoms with van der Waals surface area (Å²) in [6.45, 7) is 0. The van der Waals surface area contributed by atoms with Gasteiger partial charge >= 0.3 is 0 Å². The molecule has 1 aliphatic rings. The van der Waals surface area contributed by atoms with Crippen LogP contribution in [0.15, 0.2) is 24.3 Å². The van der Waals surface area contributed by atoms with Gasteiger partial charge in [0.05, 0.1) is 0 Å². The fraction of sp³-hybridized carbons (Fsp3) is 0.333. The molecule has 1 saturated carbocycles. The second-order valence-corrected chi connectivity index (χ2v) is 2.50. The van der Waals surface area contributed by atoms with Gasteiger partial charge in [-0.05, 0) is 24.3 Å². The summed E-state index contributed by atoms with van der Waals surface area (Å²) in [5.74, 6) is -0.821. The molecule has 2 rings (SSSR count). The fourth-order valence-corrected chi connectivity index (χ4v) is 0.430. The van der Waals surface area contributed by atoms with E-state index < -0.39 is 11.6 Å². The predicted octanol–water partition coefficient (Wildman–Crippen LogP) is 3.14. The molecule has 0 aliphatic heterocycles. The quantitative estimate of drug-likeness (QED) is 0.541. The number of hydrogen-bond acceptors (Lipinski definition) is 0. The molecule has 1 aliphatic carbocycles. The minimum atomic E-state index is -0.411. The van der Waals surface area contributed by atoms with E-state index in [0.29, 0.717) is 0 Å². The van der Waals surface area contributed by atoms with Crippen LogP contribution >= 0.6 is 0 Å². The van der Waals surface area contributed by atoms with Gasteiger partial charge in [0.25, 0.3) is 0 Å². The molecule has 0 heterocycles. The maximum atomic E-state index is 11.9. The molecule has 0 radical (unpaired) electrons. The van der Waals surface area contributed by atoms with Crippen LogP contribution in [0.3, 0.4) is 0 Å². The summed E-state index contributed by atoms with van der Waals surface area (Å²) < 4.78 is 23.8. The van der Waals surface area contributed by atoms with E-state index in [1.807, 2.05) is 0 Å². The van der Waals surface area contributed by atoms with E-state index in [9.17, 15) is 8.78 Å². The molecule has 0 atom stereocenters. The highest BCUT2D eigenvalue weighted by Gasteiger charge is 1.95. The zero-order valence-electron chi connectivity index (χ0n) is 6.19. The van der Waals surface area contributed by atoms with E-state index in [1.165, 1.54) is 19.3 Å². The van der Waals surface area contributed by atoms with Gasteiger partial charge in [0.2, 0.25) is 0 Å². The van der Waals surface area contributed by atoms with Crippen LogP contribution in [0.2, 0.25) is 0 Å². The lowest BCUT2D eigenvalue weighted by molar-refractivity contribution is 0.600. The number of rotatable bonds is 0. The Bertz CT molecular complexity index is 178. The van der Waals surface area contributed by atoms with Gasteiger partial charge in [0.1, 0.15) is 11.6 Å². The van der Waals surface area contributed by atoms with E-state index in [1.54, 1.807) is 0 Å². The van der Waals surface area contributed by atoms with Gasteiger partial charge in [-0.25, -0.2) is 8.78 Å². The molecule has 1 aromatic rings. The van der Waals surface area contributed by atoms with Crippen LogP contribution in [0.1, 0.15) is 19.3 Å². The molecule has 0 N–H and O–H groups in total. The van der Waals surface area contributed by atoms with Gasteiger partial charge in [-0.15, -0.1) is 0 Å². The number of benzene rings is 1. The SMILES string of the molecule is C1CC1.Fc1ccc(F)cc1. The van der Waals surface area contributed by atoms with Gasteiger partial charge in [-0.3, -0.25) is 0 Å². The third-order valence-electron chi connectivity index (χ3n) is 1.16. The first kappa shape index (κ1) is 8.18. The van der Waals surface area contributed by atoms with Crippen LogP contribution < -0.4 is 0 Å². The first-order valence-electron chi connectivity index (χ1n) is 3.70. The average molecular weight is 156 g/mol. The van der Waals surface area contributed by atoms with E-state index in [-0.39, 0.29) is 0 Å². The van der Waals surface area contributed by atoms with Gasteiger partial charge in [-0.1, -0.05) is 19.3 Å². The normalized spacial score (nSPS) is 13.3. The summed E-state index contributed by atoms with van der Waals surface area (Å²) in [6.07, 6.45) is 4.50. The van der Waals surface area contributed by atoms with Gasteiger partial charge in [0.15, 0.2) is 0 Å². The first-order chi connectivity index (χ1) is 5.29. The van der Waals surface area contributed by atoms with Crippen molar-refractivity contribution in [1.82, 2.24) is 0 Å². The van der Waals surface area contributed by atoms with Crippen molar-refractivity contribution in [3.63, 3.8) is 0 Å². The minimum Gasteiger partial charge on any atom is -0.207 e. The molecular weight excluding hydrogens is 146 g/mol. The number of halogens is 2. The molecule has 0 saturated heterocycles. The summed E-state index contributed by atoms with van der Waals surface area (Å²) in [6, 6.07) is 4.31. The maximum absolute atomic E-state index is 11.9. The molecular formula is C9H10F2. The average Bonchev–Trinajstić information content (AvgIpc) is 2.80. The molecule has 0 spiro atoms. The maximum Gasteiger partial charge on any atom is 0.123 e. The predicted molar refractivity (Wildman–Crippen MR) is 40.2 cm³/mol. The Morgan fingerprint density at radius 3 is 1.18 bits per heavy atom. The Kier molecular flexibility index (Phi) is 3.02. The van der Waals surface area contributed by atoms with Crippen molar-refractivity contribution in [3.8, 4) is 0 Å². The Balaban J connectivity index is 0.000000167. The summed E-state index contributed by atoms with van der Waals surface area (Å²) in [4.78, 5) is 0. The van der Waals surface area contributed by atoms with E-state index in [4.69, 9.17) is 0 Å². The molecule has 0 nitrogen and oxygen atoms in total.